The standard InChI is InChI=1S/C33H42O7.C32H40O7/c1-36-27-17-16-23(19-30(27)38-3)28-21-26(35)32-31(40-28)22-29(37-2)25-20-24(39-33(25)32)15-13-11-9-7-5-4-6-8-10-12-14-18-34;1-35-26-16-15-22(18-29(26)37-3)27-20-25(34)31-30(39-27)21-28(36-2)24-19-23(38-32(24)31)14-12-10-8-6-4-5-7-9-11-13-17-33/h16-17,19-22,34H,4-15,18H2,1-3H3;15-16,18-21,33H,4-14,17H2,1-3H3. The molecule has 8 rings (SSSR count). The molecule has 2 N–H and O–H groups in total. The zero-order chi connectivity index (χ0) is 55.9. The van der Waals surface area contributed by atoms with Crippen LogP contribution in [0.4, 0.5) is 0 Å². The van der Waals surface area contributed by atoms with Crippen LogP contribution in [0.2, 0.25) is 0 Å². The van der Waals surface area contributed by atoms with Gasteiger partial charge in [-0.25, -0.2) is 0 Å². The third-order valence-electron chi connectivity index (χ3n) is 14.7. The Hall–Kier alpha value is -6.90. The van der Waals surface area contributed by atoms with Gasteiger partial charge in [-0.1, -0.05) is 109 Å². The van der Waals surface area contributed by atoms with E-state index in [0.717, 1.165) is 86.5 Å². The molecule has 4 aromatic heterocycles. The first-order valence-electron chi connectivity index (χ1n) is 28.5. The van der Waals surface area contributed by atoms with Gasteiger partial charge >= 0.3 is 0 Å². The minimum absolute atomic E-state index is 0.173. The van der Waals surface area contributed by atoms with Crippen molar-refractivity contribution in [3.05, 3.63) is 105 Å². The monoisotopic (exact) mass is 1090 g/mol. The summed E-state index contributed by atoms with van der Waals surface area (Å²) in [6.07, 6.45) is 26.5. The van der Waals surface area contributed by atoms with Crippen LogP contribution in [0.25, 0.3) is 66.5 Å². The van der Waals surface area contributed by atoms with Crippen LogP contribution >= 0.6 is 0 Å². The Labute approximate surface area is 463 Å². The van der Waals surface area contributed by atoms with Crippen molar-refractivity contribution in [2.24, 2.45) is 0 Å². The number of hydrogen-bond donors (Lipinski definition) is 2. The Morgan fingerprint density at radius 2 is 0.658 bits per heavy atom. The van der Waals surface area contributed by atoms with Gasteiger partial charge in [0, 0.05) is 61.4 Å². The van der Waals surface area contributed by atoms with Crippen molar-refractivity contribution in [3.8, 4) is 57.1 Å². The molecule has 0 atom stereocenters. The van der Waals surface area contributed by atoms with Crippen LogP contribution in [0.1, 0.15) is 146 Å². The van der Waals surface area contributed by atoms with Crippen LogP contribution in [0.15, 0.2) is 100 Å². The molecule has 0 radical (unpaired) electrons. The molecule has 14 nitrogen and oxygen atoms in total. The number of aliphatic hydroxyl groups is 2. The third-order valence-corrected chi connectivity index (χ3v) is 14.7. The lowest BCUT2D eigenvalue weighted by Crippen LogP contribution is -2.01. The quantitative estimate of drug-likeness (QED) is 0.0371. The largest absolute Gasteiger partial charge is 0.496 e. The molecule has 0 saturated carbocycles. The highest BCUT2D eigenvalue weighted by Crippen LogP contribution is 2.40. The molecule has 14 heteroatoms. The summed E-state index contributed by atoms with van der Waals surface area (Å²) < 4.78 is 57.6. The van der Waals surface area contributed by atoms with Gasteiger partial charge in [0.1, 0.15) is 56.5 Å². The fraction of sp³-hybridized carbons (Fsp3) is 0.477. The van der Waals surface area contributed by atoms with E-state index >= 15 is 0 Å². The first-order valence-corrected chi connectivity index (χ1v) is 28.5. The Kier molecular flexibility index (Phi) is 23.5. The maximum Gasteiger partial charge on any atom is 0.197 e. The number of furan rings is 2. The third kappa shape index (κ3) is 15.9. The molecule has 0 saturated heterocycles. The van der Waals surface area contributed by atoms with E-state index in [1.807, 2.05) is 24.3 Å². The molecule has 79 heavy (non-hydrogen) atoms. The lowest BCUT2D eigenvalue weighted by atomic mass is 10.0. The van der Waals surface area contributed by atoms with Crippen LogP contribution in [0, 0.1) is 0 Å². The summed E-state index contributed by atoms with van der Waals surface area (Å²) >= 11 is 0. The predicted octanol–water partition coefficient (Wildman–Crippen LogP) is 15.7. The Bertz CT molecular complexity index is 3280. The van der Waals surface area contributed by atoms with Gasteiger partial charge in [0.25, 0.3) is 0 Å². The molecule has 426 valence electrons. The number of hydrogen-bond acceptors (Lipinski definition) is 14. The van der Waals surface area contributed by atoms with Crippen LogP contribution in [0.5, 0.6) is 34.5 Å². The molecule has 0 aliphatic rings. The van der Waals surface area contributed by atoms with E-state index in [9.17, 15) is 9.59 Å². The van der Waals surface area contributed by atoms with E-state index in [-0.39, 0.29) is 10.9 Å². The summed E-state index contributed by atoms with van der Waals surface area (Å²) in [6.45, 7) is 0.624. The van der Waals surface area contributed by atoms with E-state index < -0.39 is 0 Å². The zero-order valence-corrected chi connectivity index (χ0v) is 47.4. The fourth-order valence-electron chi connectivity index (χ4n) is 10.4. The van der Waals surface area contributed by atoms with Crippen molar-refractivity contribution < 1.29 is 56.3 Å². The zero-order valence-electron chi connectivity index (χ0n) is 47.4. The molecule has 0 unspecified atom stereocenters. The highest BCUT2D eigenvalue weighted by Gasteiger charge is 2.21. The molecule has 0 aliphatic carbocycles. The van der Waals surface area contributed by atoms with E-state index in [0.29, 0.717) is 103 Å². The molecule has 8 aromatic rings. The summed E-state index contributed by atoms with van der Waals surface area (Å²) in [7, 11) is 9.51. The van der Waals surface area contributed by atoms with Gasteiger partial charge in [-0.05, 0) is 74.2 Å². The van der Waals surface area contributed by atoms with Gasteiger partial charge in [-0.15, -0.1) is 0 Å². The number of aliphatic hydroxyl groups excluding tert-OH is 2. The van der Waals surface area contributed by atoms with Crippen molar-refractivity contribution in [2.75, 3.05) is 55.9 Å². The maximum absolute atomic E-state index is 13.3. The second-order valence-corrected chi connectivity index (χ2v) is 20.3. The van der Waals surface area contributed by atoms with Crippen LogP contribution in [0.3, 0.4) is 0 Å². The topological polar surface area (TPSA) is 183 Å². The van der Waals surface area contributed by atoms with Crippen LogP contribution in [-0.2, 0) is 12.8 Å². The van der Waals surface area contributed by atoms with Crippen molar-refractivity contribution >= 4 is 43.9 Å². The lowest BCUT2D eigenvalue weighted by Gasteiger charge is -2.10. The van der Waals surface area contributed by atoms with Crippen LogP contribution in [-0.4, -0.2) is 66.1 Å². The second kappa shape index (κ2) is 31.0. The molecule has 0 aliphatic heterocycles. The molecule has 4 heterocycles. The molecule has 0 amide bonds. The lowest BCUT2D eigenvalue weighted by molar-refractivity contribution is 0.282. The minimum Gasteiger partial charge on any atom is -0.496 e. The first-order chi connectivity index (χ1) is 38.7. The normalized spacial score (nSPS) is 11.4. The number of rotatable bonds is 33. The smallest absolute Gasteiger partial charge is 0.197 e. The Morgan fingerprint density at radius 3 is 0.975 bits per heavy atom. The van der Waals surface area contributed by atoms with Crippen molar-refractivity contribution in [1.82, 2.24) is 0 Å². The first kappa shape index (κ1) is 59.8. The Morgan fingerprint density at radius 1 is 0.342 bits per heavy atom. The highest BCUT2D eigenvalue weighted by molar-refractivity contribution is 6.07. The number of unbranched alkanes of at least 4 members (excludes halogenated alkanes) is 19. The summed E-state index contributed by atoms with van der Waals surface area (Å²) in [5.74, 6) is 6.08. The highest BCUT2D eigenvalue weighted by atomic mass is 16.5. The van der Waals surface area contributed by atoms with E-state index in [2.05, 4.69) is 0 Å². The van der Waals surface area contributed by atoms with Gasteiger partial charge in [0.2, 0.25) is 0 Å². The van der Waals surface area contributed by atoms with E-state index in [1.165, 1.54) is 95.6 Å². The van der Waals surface area contributed by atoms with Gasteiger partial charge in [0.05, 0.1) is 53.4 Å². The minimum atomic E-state index is -0.175. The Balaban J connectivity index is 0.000000229. The van der Waals surface area contributed by atoms with Crippen molar-refractivity contribution in [1.29, 1.82) is 0 Å². The summed E-state index contributed by atoms with van der Waals surface area (Å²) in [5.41, 5.74) is 2.90. The van der Waals surface area contributed by atoms with Crippen LogP contribution < -0.4 is 39.3 Å². The summed E-state index contributed by atoms with van der Waals surface area (Å²) in [5, 5.41) is 20.1. The van der Waals surface area contributed by atoms with Gasteiger partial charge in [-0.3, -0.25) is 9.59 Å². The van der Waals surface area contributed by atoms with Crippen molar-refractivity contribution in [3.63, 3.8) is 0 Å². The molecule has 4 aromatic carbocycles. The number of aryl methyl sites for hydroxylation is 2. The van der Waals surface area contributed by atoms with E-state index in [4.69, 9.17) is 56.3 Å². The average molecular weight is 1090 g/mol. The number of benzene rings is 4. The number of methoxy groups -OCH3 is 6. The molecular weight excluding hydrogens is 1000 g/mol. The second-order valence-electron chi connectivity index (χ2n) is 20.3. The maximum atomic E-state index is 13.3. The van der Waals surface area contributed by atoms with Crippen molar-refractivity contribution in [2.45, 2.75) is 148 Å². The fourth-order valence-corrected chi connectivity index (χ4v) is 10.4. The van der Waals surface area contributed by atoms with Gasteiger partial charge < -0.3 is 56.3 Å². The molecule has 0 spiro atoms. The molecular formula is C65H82O14. The number of fused-ring (bicyclic) bond motifs is 6. The predicted molar refractivity (Wildman–Crippen MR) is 313 cm³/mol. The molecule has 0 fully saturated rings. The summed E-state index contributed by atoms with van der Waals surface area (Å²) in [6, 6.07) is 21.3. The van der Waals surface area contributed by atoms with Gasteiger partial charge in [0.15, 0.2) is 45.0 Å². The average Bonchev–Trinajstić information content (AvgIpc) is 4.36. The van der Waals surface area contributed by atoms with Gasteiger partial charge in [-0.2, -0.15) is 0 Å². The van der Waals surface area contributed by atoms with E-state index in [1.54, 1.807) is 79.1 Å². The molecule has 0 bridgehead atoms. The SMILES string of the molecule is COc1ccc(-c2cc(=O)c3c(cc(OC)c4cc(CCCCCCCCCCCCCO)oc43)o2)cc1OC.COc1ccc(-c2cc(=O)c3c(cc(OC)c4cc(CCCCCCCCCCCCO)oc43)o2)cc1OC. The summed E-state index contributed by atoms with van der Waals surface area (Å²) in [4.78, 5) is 26.6. The number of ether oxygens (including phenoxy) is 6.